The van der Waals surface area contributed by atoms with Gasteiger partial charge in [0.25, 0.3) is 5.91 Å². The van der Waals surface area contributed by atoms with Crippen LogP contribution in [-0.2, 0) is 4.79 Å². The maximum Gasteiger partial charge on any atom is 0.387 e. The first-order valence-corrected chi connectivity index (χ1v) is 7.47. The summed E-state index contributed by atoms with van der Waals surface area (Å²) >= 11 is 0. The second kappa shape index (κ2) is 8.23. The highest BCUT2D eigenvalue weighted by molar-refractivity contribution is 5.94. The number of hydrogen-bond acceptors (Lipinski definition) is 4. The number of ether oxygens (including phenoxy) is 1. The number of rotatable bonds is 7. The molecule has 25 heavy (non-hydrogen) atoms. The van der Waals surface area contributed by atoms with Gasteiger partial charge in [0, 0.05) is 18.0 Å². The number of amides is 1. The monoisotopic (exact) mass is 348 g/mol. The fourth-order valence-electron chi connectivity index (χ4n) is 2.25. The van der Waals surface area contributed by atoms with Crippen molar-refractivity contribution < 1.29 is 28.2 Å². The number of aryl methyl sites for hydroxylation is 1. The zero-order chi connectivity index (χ0) is 18.4. The molecular weight excluding hydrogens is 332 g/mol. The van der Waals surface area contributed by atoms with E-state index in [0.29, 0.717) is 5.56 Å². The summed E-state index contributed by atoms with van der Waals surface area (Å²) in [6.45, 7) is -1.06. The first-order chi connectivity index (χ1) is 11.8. The fourth-order valence-corrected chi connectivity index (χ4v) is 2.25. The van der Waals surface area contributed by atoms with Gasteiger partial charge in [-0.25, -0.2) is 0 Å². The summed E-state index contributed by atoms with van der Waals surface area (Å²) in [6, 6.07) is 11.4. The first-order valence-electron chi connectivity index (χ1n) is 7.47. The number of aliphatic carboxylic acids is 1. The Bertz CT molecular complexity index is 730. The first kappa shape index (κ1) is 18.4. The topological polar surface area (TPSA) is 78.5 Å². The van der Waals surface area contributed by atoms with E-state index in [1.54, 1.807) is 24.3 Å². The Balaban J connectivity index is 2.13. The van der Waals surface area contributed by atoms with Crippen molar-refractivity contribution in [1.29, 1.82) is 0 Å². The third kappa shape index (κ3) is 5.56. The molecule has 0 bridgehead atoms. The number of benzene rings is 2. The van der Waals surface area contributed by atoms with Crippen molar-refractivity contribution in [2.75, 3.05) is 0 Å². The lowest BCUT2D eigenvalue weighted by atomic mass is 10.0. The molecule has 0 saturated heterocycles. The lowest BCUT2D eigenvalue weighted by Gasteiger charge is -2.20. The van der Waals surface area contributed by atoms with Gasteiger partial charge < -0.3 is 20.0 Å². The third-order valence-corrected chi connectivity index (χ3v) is 3.50. The number of nitrogens with one attached hydrogen (secondary N) is 1. The highest BCUT2D eigenvalue weighted by Gasteiger charge is 2.16. The zero-order valence-corrected chi connectivity index (χ0v) is 13.4. The van der Waals surface area contributed by atoms with Crippen LogP contribution in [0.2, 0.25) is 0 Å². The minimum atomic E-state index is -2.95. The molecule has 1 N–H and O–H groups in total. The van der Waals surface area contributed by atoms with Gasteiger partial charge in [0.15, 0.2) is 0 Å². The molecule has 0 spiro atoms. The van der Waals surface area contributed by atoms with Gasteiger partial charge in [-0.05, 0) is 36.8 Å². The minimum Gasteiger partial charge on any atom is -0.550 e. The lowest BCUT2D eigenvalue weighted by Crippen LogP contribution is -2.34. The van der Waals surface area contributed by atoms with Crippen LogP contribution in [0.1, 0.15) is 33.9 Å². The lowest BCUT2D eigenvalue weighted by molar-refractivity contribution is -0.306. The van der Waals surface area contributed by atoms with Crippen LogP contribution in [0, 0.1) is 6.92 Å². The van der Waals surface area contributed by atoms with Crippen molar-refractivity contribution in [2.45, 2.75) is 26.0 Å². The number of carbonyl (C=O) groups is 2. The Morgan fingerprint density at radius 1 is 1.08 bits per heavy atom. The van der Waals surface area contributed by atoms with Gasteiger partial charge in [0.2, 0.25) is 0 Å². The van der Waals surface area contributed by atoms with Crippen molar-refractivity contribution >= 4 is 11.9 Å². The third-order valence-electron chi connectivity index (χ3n) is 3.50. The van der Waals surface area contributed by atoms with Crippen LogP contribution in [0.4, 0.5) is 8.78 Å². The van der Waals surface area contributed by atoms with Crippen LogP contribution in [-0.4, -0.2) is 18.5 Å². The van der Waals surface area contributed by atoms with E-state index >= 15 is 0 Å². The summed E-state index contributed by atoms with van der Waals surface area (Å²) in [5.41, 5.74) is 1.81. The number of halogens is 2. The van der Waals surface area contributed by atoms with Crippen molar-refractivity contribution in [2.24, 2.45) is 0 Å². The Morgan fingerprint density at radius 2 is 1.68 bits per heavy atom. The van der Waals surface area contributed by atoms with Gasteiger partial charge in [0.05, 0.1) is 6.04 Å². The highest BCUT2D eigenvalue weighted by Crippen LogP contribution is 2.19. The number of carboxylic acid groups (broad SMARTS) is 1. The van der Waals surface area contributed by atoms with Crippen molar-refractivity contribution in [1.82, 2.24) is 5.32 Å². The minimum absolute atomic E-state index is 0.0728. The second-order valence-electron chi connectivity index (χ2n) is 5.42. The number of hydrogen-bond donors (Lipinski definition) is 1. The number of carboxylic acids is 1. The van der Waals surface area contributed by atoms with Crippen LogP contribution in [0.5, 0.6) is 5.75 Å². The predicted molar refractivity (Wildman–Crippen MR) is 84.1 cm³/mol. The van der Waals surface area contributed by atoms with Crippen molar-refractivity contribution in [3.8, 4) is 5.75 Å². The molecule has 0 unspecified atom stereocenters. The normalized spacial score (nSPS) is 11.8. The van der Waals surface area contributed by atoms with Crippen LogP contribution in [0.15, 0.2) is 48.5 Å². The summed E-state index contributed by atoms with van der Waals surface area (Å²) in [4.78, 5) is 23.3. The summed E-state index contributed by atoms with van der Waals surface area (Å²) in [5.74, 6) is -1.90. The molecule has 0 saturated carbocycles. The summed E-state index contributed by atoms with van der Waals surface area (Å²) in [5, 5.41) is 13.6. The van der Waals surface area contributed by atoms with Crippen LogP contribution >= 0.6 is 0 Å². The molecule has 132 valence electrons. The van der Waals surface area contributed by atoms with Gasteiger partial charge in [-0.1, -0.05) is 29.8 Å². The van der Waals surface area contributed by atoms with E-state index in [2.05, 4.69) is 10.1 Å². The molecule has 0 aromatic heterocycles. The van der Waals surface area contributed by atoms with E-state index in [9.17, 15) is 23.5 Å². The quantitative estimate of drug-likeness (QED) is 0.832. The van der Waals surface area contributed by atoms with Gasteiger partial charge in [-0.3, -0.25) is 4.79 Å². The molecular formula is C18H16F2NO4-. The highest BCUT2D eigenvalue weighted by atomic mass is 19.3. The Hall–Kier alpha value is -2.96. The predicted octanol–water partition coefficient (Wildman–Crippen LogP) is 2.21. The molecule has 1 atom stereocenters. The van der Waals surface area contributed by atoms with E-state index < -0.39 is 24.5 Å². The van der Waals surface area contributed by atoms with Gasteiger partial charge in [-0.2, -0.15) is 8.78 Å². The molecule has 0 aliphatic carbocycles. The van der Waals surface area contributed by atoms with E-state index in [1.807, 2.05) is 6.92 Å². The number of carbonyl (C=O) groups excluding carboxylic acids is 2. The average Bonchev–Trinajstić information content (AvgIpc) is 2.54. The largest absolute Gasteiger partial charge is 0.550 e. The van der Waals surface area contributed by atoms with E-state index in [0.717, 1.165) is 5.56 Å². The van der Waals surface area contributed by atoms with Crippen molar-refractivity contribution in [3.05, 3.63) is 65.2 Å². The molecule has 2 aromatic rings. The van der Waals surface area contributed by atoms with Gasteiger partial charge in [-0.15, -0.1) is 0 Å². The molecule has 0 heterocycles. The van der Waals surface area contributed by atoms with Crippen LogP contribution < -0.4 is 15.2 Å². The molecule has 2 rings (SSSR count). The Morgan fingerprint density at radius 3 is 2.20 bits per heavy atom. The summed E-state index contributed by atoms with van der Waals surface area (Å²) in [7, 11) is 0. The Labute approximate surface area is 143 Å². The Kier molecular flexibility index (Phi) is 6.05. The standard InChI is InChI=1S/C18H17F2NO4/c1-11-2-4-12(5-3-11)15(10-16(22)23)21-17(24)13-6-8-14(9-7-13)25-18(19)20/h2-9,15,18H,10H2,1H3,(H,21,24)(H,22,23)/p-1/t15-/m0/s1. The number of alkyl halides is 2. The molecule has 0 fully saturated rings. The molecule has 0 aliphatic heterocycles. The smallest absolute Gasteiger partial charge is 0.387 e. The van der Waals surface area contributed by atoms with Crippen LogP contribution in [0.25, 0.3) is 0 Å². The molecule has 5 nitrogen and oxygen atoms in total. The summed E-state index contributed by atoms with van der Waals surface area (Å²) < 4.78 is 28.5. The van der Waals surface area contributed by atoms with Gasteiger partial charge in [0.1, 0.15) is 5.75 Å². The molecule has 2 aromatic carbocycles. The maximum absolute atomic E-state index is 12.3. The summed E-state index contributed by atoms with van der Waals surface area (Å²) in [6.07, 6.45) is -0.388. The van der Waals surface area contributed by atoms with E-state index in [4.69, 9.17) is 0 Å². The van der Waals surface area contributed by atoms with Crippen LogP contribution in [0.3, 0.4) is 0 Å². The van der Waals surface area contributed by atoms with E-state index in [-0.39, 0.29) is 17.7 Å². The zero-order valence-electron chi connectivity index (χ0n) is 13.4. The SMILES string of the molecule is Cc1ccc([C@H](CC(=O)[O-])NC(=O)c2ccc(OC(F)F)cc2)cc1. The maximum atomic E-state index is 12.3. The molecule has 7 heteroatoms. The molecule has 0 aliphatic rings. The second-order valence-corrected chi connectivity index (χ2v) is 5.42. The molecule has 0 radical (unpaired) electrons. The molecule has 1 amide bonds. The average molecular weight is 348 g/mol. The van der Waals surface area contributed by atoms with E-state index in [1.165, 1.54) is 24.3 Å². The van der Waals surface area contributed by atoms with Gasteiger partial charge >= 0.3 is 6.61 Å². The fraction of sp³-hybridized carbons (Fsp3) is 0.222. The van der Waals surface area contributed by atoms with Crippen molar-refractivity contribution in [3.63, 3.8) is 0 Å².